The van der Waals surface area contributed by atoms with Crippen LogP contribution in [0.4, 0.5) is 10.2 Å². The zero-order valence-electron chi connectivity index (χ0n) is 22.9. The summed E-state index contributed by atoms with van der Waals surface area (Å²) in [4.78, 5) is 41.7. The minimum absolute atomic E-state index is 0.0502. The molecular weight excluding hydrogens is 497 g/mol. The second kappa shape index (κ2) is 12.2. The van der Waals surface area contributed by atoms with Crippen LogP contribution in [-0.4, -0.2) is 57.7 Å². The molecule has 2 heterocycles. The van der Waals surface area contributed by atoms with Gasteiger partial charge in [0, 0.05) is 45.6 Å². The third-order valence-corrected chi connectivity index (χ3v) is 7.13. The van der Waals surface area contributed by atoms with Gasteiger partial charge in [-0.25, -0.2) is 4.39 Å². The Morgan fingerprint density at radius 1 is 1.03 bits per heavy atom. The molecule has 9 heteroatoms. The van der Waals surface area contributed by atoms with Crippen molar-refractivity contribution < 1.29 is 18.8 Å². The number of hydrogen-bond donors (Lipinski definition) is 1. The minimum Gasteiger partial charge on any atom is -0.343 e. The second-order valence-electron chi connectivity index (χ2n) is 10.3. The van der Waals surface area contributed by atoms with E-state index >= 15 is 0 Å². The molecule has 8 nitrogen and oxygen atoms in total. The molecule has 1 aliphatic heterocycles. The molecule has 206 valence electrons. The van der Waals surface area contributed by atoms with E-state index < -0.39 is 24.2 Å². The number of benzene rings is 2. The topological polar surface area (TPSA) is 87.5 Å². The molecule has 1 aliphatic rings. The maximum absolute atomic E-state index is 14.6. The van der Waals surface area contributed by atoms with Crippen molar-refractivity contribution in [1.29, 1.82) is 0 Å². The Morgan fingerprint density at radius 3 is 2.26 bits per heavy atom. The average molecular weight is 534 g/mol. The zero-order chi connectivity index (χ0) is 28.1. The Balaban J connectivity index is 1.50. The SMILES string of the molecule is CC(=O)N(CCC(=O)N1CC(F)CC1C(=O)NC(c1ccccc1)c1ccc(C(C)C)cc1)c1ccn(C)n1. The van der Waals surface area contributed by atoms with E-state index in [4.69, 9.17) is 0 Å². The van der Waals surface area contributed by atoms with Crippen LogP contribution in [0.5, 0.6) is 0 Å². The first-order chi connectivity index (χ1) is 18.6. The number of nitrogens with one attached hydrogen (secondary N) is 1. The maximum Gasteiger partial charge on any atom is 0.243 e. The van der Waals surface area contributed by atoms with E-state index in [1.807, 2.05) is 54.6 Å². The van der Waals surface area contributed by atoms with E-state index in [-0.39, 0.29) is 37.7 Å². The number of nitrogens with zero attached hydrogens (tertiary/aromatic N) is 4. The maximum atomic E-state index is 14.6. The fourth-order valence-corrected chi connectivity index (χ4v) is 4.96. The molecule has 0 bridgehead atoms. The van der Waals surface area contributed by atoms with Gasteiger partial charge in [-0.05, 0) is 22.6 Å². The quantitative estimate of drug-likeness (QED) is 0.448. The Labute approximate surface area is 228 Å². The Hall–Kier alpha value is -4.01. The van der Waals surface area contributed by atoms with Crippen LogP contribution in [0.15, 0.2) is 66.9 Å². The van der Waals surface area contributed by atoms with Gasteiger partial charge < -0.3 is 10.2 Å². The summed E-state index contributed by atoms with van der Waals surface area (Å²) in [6.07, 6.45) is 0.291. The fourth-order valence-electron chi connectivity index (χ4n) is 4.96. The van der Waals surface area contributed by atoms with Crippen molar-refractivity contribution in [2.24, 2.45) is 7.05 Å². The summed E-state index contributed by atoms with van der Waals surface area (Å²) in [6.45, 7) is 5.58. The largest absolute Gasteiger partial charge is 0.343 e. The van der Waals surface area contributed by atoms with Crippen molar-refractivity contribution in [1.82, 2.24) is 20.0 Å². The van der Waals surface area contributed by atoms with Crippen LogP contribution in [0.3, 0.4) is 0 Å². The Bertz CT molecular complexity index is 1290. The molecule has 2 aromatic carbocycles. The van der Waals surface area contributed by atoms with Gasteiger partial charge in [0.25, 0.3) is 0 Å². The molecule has 3 unspecified atom stereocenters. The van der Waals surface area contributed by atoms with E-state index in [0.717, 1.165) is 11.1 Å². The third-order valence-electron chi connectivity index (χ3n) is 7.13. The predicted octanol–water partition coefficient (Wildman–Crippen LogP) is 4.13. The first-order valence-corrected chi connectivity index (χ1v) is 13.3. The number of aryl methyl sites for hydroxylation is 1. The molecule has 1 saturated heterocycles. The number of rotatable bonds is 9. The molecule has 0 radical (unpaired) electrons. The van der Waals surface area contributed by atoms with Gasteiger partial charge in [0.2, 0.25) is 17.7 Å². The van der Waals surface area contributed by atoms with Crippen LogP contribution in [-0.2, 0) is 21.4 Å². The molecule has 39 heavy (non-hydrogen) atoms. The lowest BCUT2D eigenvalue weighted by molar-refractivity contribution is -0.138. The molecule has 0 saturated carbocycles. The smallest absolute Gasteiger partial charge is 0.243 e. The second-order valence-corrected chi connectivity index (χ2v) is 10.3. The lowest BCUT2D eigenvalue weighted by Gasteiger charge is -2.28. The first kappa shape index (κ1) is 28.0. The van der Waals surface area contributed by atoms with Gasteiger partial charge in [-0.2, -0.15) is 5.10 Å². The van der Waals surface area contributed by atoms with Gasteiger partial charge in [0.05, 0.1) is 12.6 Å². The summed E-state index contributed by atoms with van der Waals surface area (Å²) in [7, 11) is 1.74. The highest BCUT2D eigenvalue weighted by Crippen LogP contribution is 2.27. The van der Waals surface area contributed by atoms with E-state index in [1.54, 1.807) is 24.0 Å². The zero-order valence-corrected chi connectivity index (χ0v) is 22.9. The molecule has 0 spiro atoms. The molecule has 3 aromatic rings. The lowest BCUT2D eigenvalue weighted by Crippen LogP contribution is -2.47. The Kier molecular flexibility index (Phi) is 8.79. The number of hydrogen-bond acceptors (Lipinski definition) is 4. The molecule has 1 fully saturated rings. The number of carbonyl (C=O) groups is 3. The Morgan fingerprint density at radius 2 is 1.67 bits per heavy atom. The van der Waals surface area contributed by atoms with Crippen molar-refractivity contribution in [2.45, 2.75) is 57.8 Å². The van der Waals surface area contributed by atoms with Crippen LogP contribution in [0.2, 0.25) is 0 Å². The average Bonchev–Trinajstić information content (AvgIpc) is 3.53. The third kappa shape index (κ3) is 6.71. The summed E-state index contributed by atoms with van der Waals surface area (Å²) >= 11 is 0. The highest BCUT2D eigenvalue weighted by molar-refractivity contribution is 5.92. The van der Waals surface area contributed by atoms with Crippen molar-refractivity contribution >= 4 is 23.5 Å². The van der Waals surface area contributed by atoms with Crippen molar-refractivity contribution in [3.8, 4) is 0 Å². The minimum atomic E-state index is -1.30. The number of likely N-dealkylation sites (tertiary alicyclic amines) is 1. The summed E-state index contributed by atoms with van der Waals surface area (Å²) in [5.41, 5.74) is 2.98. The molecule has 4 rings (SSSR count). The van der Waals surface area contributed by atoms with Gasteiger partial charge in [-0.3, -0.25) is 24.0 Å². The van der Waals surface area contributed by atoms with Crippen molar-refractivity contribution in [3.63, 3.8) is 0 Å². The van der Waals surface area contributed by atoms with Gasteiger partial charge in [-0.1, -0.05) is 68.4 Å². The number of halogens is 1. The van der Waals surface area contributed by atoms with E-state index in [0.29, 0.717) is 11.7 Å². The number of carbonyl (C=O) groups excluding carboxylic acids is 3. The first-order valence-electron chi connectivity index (χ1n) is 13.3. The number of anilines is 1. The van der Waals surface area contributed by atoms with Crippen LogP contribution in [0, 0.1) is 0 Å². The summed E-state index contributed by atoms with van der Waals surface area (Å²) in [5, 5.41) is 7.32. The summed E-state index contributed by atoms with van der Waals surface area (Å²) in [6, 6.07) is 18.0. The van der Waals surface area contributed by atoms with Gasteiger partial charge in [0.15, 0.2) is 5.82 Å². The van der Waals surface area contributed by atoms with Crippen molar-refractivity contribution in [2.75, 3.05) is 18.0 Å². The highest BCUT2D eigenvalue weighted by atomic mass is 19.1. The number of amides is 3. The van der Waals surface area contributed by atoms with Crippen LogP contribution in [0.1, 0.15) is 62.3 Å². The van der Waals surface area contributed by atoms with E-state index in [2.05, 4.69) is 24.3 Å². The molecular formula is C30H36FN5O3. The summed E-state index contributed by atoms with van der Waals surface area (Å²) < 4.78 is 16.2. The predicted molar refractivity (Wildman–Crippen MR) is 148 cm³/mol. The molecule has 3 amide bonds. The van der Waals surface area contributed by atoms with Gasteiger partial charge in [-0.15, -0.1) is 0 Å². The van der Waals surface area contributed by atoms with E-state index in [9.17, 15) is 18.8 Å². The van der Waals surface area contributed by atoms with E-state index in [1.165, 1.54) is 22.3 Å². The molecule has 1 N–H and O–H groups in total. The van der Waals surface area contributed by atoms with Crippen LogP contribution in [0.25, 0.3) is 0 Å². The molecule has 0 aliphatic carbocycles. The van der Waals surface area contributed by atoms with Gasteiger partial charge in [0.1, 0.15) is 12.2 Å². The van der Waals surface area contributed by atoms with Crippen LogP contribution >= 0.6 is 0 Å². The van der Waals surface area contributed by atoms with Gasteiger partial charge >= 0.3 is 0 Å². The number of aromatic nitrogens is 2. The standard InChI is InChI=1S/C30H36FN5O3/c1-20(2)22-10-12-24(13-11-22)29(23-8-6-5-7-9-23)32-30(39)26-18-25(31)19-36(26)28(38)15-17-35(21(3)37)27-14-16-34(4)33-27/h5-14,16,20,25-26,29H,15,17-19H2,1-4H3,(H,32,39). The monoisotopic (exact) mass is 533 g/mol. The highest BCUT2D eigenvalue weighted by Gasteiger charge is 2.40. The van der Waals surface area contributed by atoms with Crippen molar-refractivity contribution in [3.05, 3.63) is 83.6 Å². The molecule has 3 atom stereocenters. The normalized spacial score (nSPS) is 17.7. The van der Waals surface area contributed by atoms with Crippen LogP contribution < -0.4 is 10.2 Å². The fraction of sp³-hybridized carbons (Fsp3) is 0.400. The number of alkyl halides is 1. The summed E-state index contributed by atoms with van der Waals surface area (Å²) in [5.74, 6) is -0.228. The molecule has 1 aromatic heterocycles. The lowest BCUT2D eigenvalue weighted by atomic mass is 9.95.